The summed E-state index contributed by atoms with van der Waals surface area (Å²) in [4.78, 5) is 0. The molecule has 0 aromatic rings. The molecule has 0 aliphatic carbocycles. The van der Waals surface area contributed by atoms with Crippen molar-refractivity contribution >= 4 is 16.6 Å². The van der Waals surface area contributed by atoms with E-state index >= 15 is 0 Å². The highest BCUT2D eigenvalue weighted by atomic mass is 32.2. The van der Waals surface area contributed by atoms with E-state index in [0.717, 1.165) is 13.0 Å². The maximum absolute atomic E-state index is 11.1. The maximum atomic E-state index is 11.1. The Morgan fingerprint density at radius 1 is 1.60 bits per heavy atom. The summed E-state index contributed by atoms with van der Waals surface area (Å²) in [5.41, 5.74) is 5.37. The Balaban J connectivity index is 3.63. The van der Waals surface area contributed by atoms with Gasteiger partial charge in [-0.1, -0.05) is 12.1 Å². The summed E-state index contributed by atoms with van der Waals surface area (Å²) in [6.07, 6.45) is 3.09. The molecule has 0 saturated heterocycles. The normalized spacial score (nSPS) is 18.5. The fourth-order valence-corrected chi connectivity index (χ4v) is 1.58. The molecule has 0 aromatic heterocycles. The third-order valence-corrected chi connectivity index (χ3v) is 3.62. The lowest BCUT2D eigenvalue weighted by Gasteiger charge is -2.14. The average Bonchev–Trinajstić information content (AvgIpc) is 2.17. The number of hydrogen-bond acceptors (Lipinski definition) is 4. The second kappa shape index (κ2) is 7.64. The van der Waals surface area contributed by atoms with E-state index in [1.807, 2.05) is 13.8 Å². The highest BCUT2D eigenvalue weighted by Gasteiger charge is 2.08. The predicted molar refractivity (Wildman–Crippen MR) is 63.6 cm³/mol. The average molecular weight is 235 g/mol. The van der Waals surface area contributed by atoms with Crippen LogP contribution in [0.4, 0.5) is 0 Å². The predicted octanol–water partition coefficient (Wildman–Crippen LogP) is 0.258. The molecule has 6 heteroatoms. The SMILES string of the molecule is CC(CC(N)=NO)NCCC(C)S(C)=O. The van der Waals surface area contributed by atoms with Crippen LogP contribution in [0.15, 0.2) is 5.16 Å². The van der Waals surface area contributed by atoms with E-state index in [-0.39, 0.29) is 17.1 Å². The Morgan fingerprint density at radius 2 is 2.20 bits per heavy atom. The van der Waals surface area contributed by atoms with Gasteiger partial charge < -0.3 is 16.3 Å². The monoisotopic (exact) mass is 235 g/mol. The molecule has 0 fully saturated rings. The molecule has 0 bridgehead atoms. The van der Waals surface area contributed by atoms with Crippen LogP contribution in [0.25, 0.3) is 0 Å². The highest BCUT2D eigenvalue weighted by Crippen LogP contribution is 1.98. The summed E-state index contributed by atoms with van der Waals surface area (Å²) in [5.74, 6) is 0.224. The van der Waals surface area contributed by atoms with Crippen molar-refractivity contribution in [1.82, 2.24) is 5.32 Å². The lowest BCUT2D eigenvalue weighted by molar-refractivity contribution is 0.316. The molecule has 0 rings (SSSR count). The molecule has 0 aromatic carbocycles. The van der Waals surface area contributed by atoms with E-state index in [0.29, 0.717) is 6.42 Å². The van der Waals surface area contributed by atoms with Crippen LogP contribution < -0.4 is 11.1 Å². The minimum Gasteiger partial charge on any atom is -0.409 e. The Bertz CT molecular complexity index is 233. The van der Waals surface area contributed by atoms with Crippen molar-refractivity contribution in [1.29, 1.82) is 0 Å². The van der Waals surface area contributed by atoms with Crippen LogP contribution in [0, 0.1) is 0 Å². The summed E-state index contributed by atoms with van der Waals surface area (Å²) in [6.45, 7) is 4.72. The summed E-state index contributed by atoms with van der Waals surface area (Å²) >= 11 is 0. The van der Waals surface area contributed by atoms with Crippen molar-refractivity contribution in [2.24, 2.45) is 10.9 Å². The van der Waals surface area contributed by atoms with Crippen LogP contribution in [0.3, 0.4) is 0 Å². The first-order valence-electron chi connectivity index (χ1n) is 4.99. The third-order valence-electron chi connectivity index (χ3n) is 2.25. The summed E-state index contributed by atoms with van der Waals surface area (Å²) in [5, 5.41) is 14.7. The first-order chi connectivity index (χ1) is 6.97. The number of nitrogens with two attached hydrogens (primary N) is 1. The van der Waals surface area contributed by atoms with Crippen molar-refractivity contribution < 1.29 is 9.42 Å². The number of hydrogen-bond donors (Lipinski definition) is 3. The molecular formula is C9H21N3O2S. The molecule has 0 amide bonds. The van der Waals surface area contributed by atoms with E-state index in [1.165, 1.54) is 0 Å². The number of oxime groups is 1. The summed E-state index contributed by atoms with van der Waals surface area (Å²) in [6, 6.07) is 0.165. The molecule has 0 aliphatic heterocycles. The molecule has 0 spiro atoms. The lowest BCUT2D eigenvalue weighted by Crippen LogP contribution is -2.33. The zero-order chi connectivity index (χ0) is 11.8. The van der Waals surface area contributed by atoms with Crippen molar-refractivity contribution in [3.05, 3.63) is 0 Å². The smallest absolute Gasteiger partial charge is 0.140 e. The third kappa shape index (κ3) is 7.33. The van der Waals surface area contributed by atoms with Gasteiger partial charge in [-0.3, -0.25) is 4.21 Å². The topological polar surface area (TPSA) is 87.7 Å². The molecular weight excluding hydrogens is 214 g/mol. The molecule has 3 unspecified atom stereocenters. The van der Waals surface area contributed by atoms with Gasteiger partial charge in [0.2, 0.25) is 0 Å². The Hall–Kier alpha value is -0.620. The number of nitrogens with one attached hydrogen (secondary N) is 1. The van der Waals surface area contributed by atoms with E-state index in [9.17, 15) is 4.21 Å². The molecule has 90 valence electrons. The van der Waals surface area contributed by atoms with E-state index in [2.05, 4.69) is 10.5 Å². The van der Waals surface area contributed by atoms with Gasteiger partial charge in [0.15, 0.2) is 0 Å². The van der Waals surface area contributed by atoms with Crippen LogP contribution in [-0.4, -0.2) is 39.3 Å². The van der Waals surface area contributed by atoms with Crippen molar-refractivity contribution in [2.45, 2.75) is 38.0 Å². The largest absolute Gasteiger partial charge is 0.409 e. The van der Waals surface area contributed by atoms with Gasteiger partial charge in [0.25, 0.3) is 0 Å². The fourth-order valence-electron chi connectivity index (χ4n) is 1.13. The second-order valence-corrected chi connectivity index (χ2v) is 5.55. The van der Waals surface area contributed by atoms with Crippen LogP contribution in [0.2, 0.25) is 0 Å². The highest BCUT2D eigenvalue weighted by molar-refractivity contribution is 7.84. The van der Waals surface area contributed by atoms with Crippen molar-refractivity contribution in [3.8, 4) is 0 Å². The van der Waals surface area contributed by atoms with Gasteiger partial charge in [-0.15, -0.1) is 0 Å². The standard InChI is InChI=1S/C9H21N3O2S/c1-7(6-9(10)12-13)11-5-4-8(2)15(3)14/h7-8,11,13H,4-6H2,1-3H3,(H2,10,12). The molecule has 4 N–H and O–H groups in total. The van der Waals surface area contributed by atoms with Gasteiger partial charge in [0.05, 0.1) is 0 Å². The van der Waals surface area contributed by atoms with Crippen molar-refractivity contribution in [2.75, 3.05) is 12.8 Å². The number of rotatable bonds is 7. The van der Waals surface area contributed by atoms with Crippen LogP contribution in [-0.2, 0) is 10.8 Å². The lowest BCUT2D eigenvalue weighted by atomic mass is 10.2. The van der Waals surface area contributed by atoms with Gasteiger partial charge >= 0.3 is 0 Å². The first kappa shape index (κ1) is 14.4. The molecule has 5 nitrogen and oxygen atoms in total. The zero-order valence-electron chi connectivity index (χ0n) is 9.56. The zero-order valence-corrected chi connectivity index (χ0v) is 10.4. The quantitative estimate of drug-likeness (QED) is 0.256. The second-order valence-electron chi connectivity index (χ2n) is 3.75. The van der Waals surface area contributed by atoms with Crippen molar-refractivity contribution in [3.63, 3.8) is 0 Å². The van der Waals surface area contributed by atoms with Crippen LogP contribution in [0.1, 0.15) is 26.7 Å². The molecule has 3 atom stereocenters. The number of nitrogens with zero attached hydrogens (tertiary/aromatic N) is 1. The van der Waals surface area contributed by atoms with Gasteiger partial charge in [-0.05, 0) is 19.9 Å². The molecule has 0 radical (unpaired) electrons. The summed E-state index contributed by atoms with van der Waals surface area (Å²) < 4.78 is 11.1. The minimum atomic E-state index is -0.766. The van der Waals surface area contributed by atoms with Crippen LogP contribution in [0.5, 0.6) is 0 Å². The molecule has 0 heterocycles. The van der Waals surface area contributed by atoms with Gasteiger partial charge in [-0.25, -0.2) is 0 Å². The Labute approximate surface area is 93.6 Å². The minimum absolute atomic E-state index is 0.165. The molecule has 0 saturated carbocycles. The van der Waals surface area contributed by atoms with Gasteiger partial charge in [-0.2, -0.15) is 0 Å². The van der Waals surface area contributed by atoms with E-state index < -0.39 is 10.8 Å². The molecule has 0 aliphatic rings. The maximum Gasteiger partial charge on any atom is 0.140 e. The number of amidine groups is 1. The van der Waals surface area contributed by atoms with Gasteiger partial charge in [0.1, 0.15) is 5.84 Å². The van der Waals surface area contributed by atoms with Gasteiger partial charge in [0, 0.05) is 34.8 Å². The molecule has 15 heavy (non-hydrogen) atoms. The van der Waals surface area contributed by atoms with E-state index in [4.69, 9.17) is 10.9 Å². The Morgan fingerprint density at radius 3 is 2.67 bits per heavy atom. The van der Waals surface area contributed by atoms with E-state index in [1.54, 1.807) is 6.26 Å². The Kier molecular flexibility index (Phi) is 7.33. The first-order valence-corrected chi connectivity index (χ1v) is 6.61. The van der Waals surface area contributed by atoms with Crippen LogP contribution >= 0.6 is 0 Å². The fraction of sp³-hybridized carbons (Fsp3) is 0.889. The summed E-state index contributed by atoms with van der Waals surface area (Å²) in [7, 11) is -0.766.